The lowest BCUT2D eigenvalue weighted by Gasteiger charge is -2.49. The highest BCUT2D eigenvalue weighted by Gasteiger charge is 2.41. The normalized spacial score (nSPS) is 36.9. The van der Waals surface area contributed by atoms with Gasteiger partial charge in [0, 0.05) is 25.2 Å². The van der Waals surface area contributed by atoms with Crippen LogP contribution in [0.2, 0.25) is 0 Å². The average molecular weight is 268 g/mol. The third kappa shape index (κ3) is 3.50. The number of ether oxygens (including phenoxy) is 1. The van der Waals surface area contributed by atoms with Crippen LogP contribution in [0, 0.1) is 5.92 Å². The molecule has 0 spiro atoms. The third-order valence-corrected chi connectivity index (χ3v) is 5.33. The van der Waals surface area contributed by atoms with Gasteiger partial charge in [-0.1, -0.05) is 26.2 Å². The molecule has 19 heavy (non-hydrogen) atoms. The highest BCUT2D eigenvalue weighted by atomic mass is 16.5. The topological polar surface area (TPSA) is 38.5 Å². The molecule has 3 nitrogen and oxygen atoms in total. The van der Waals surface area contributed by atoms with Crippen molar-refractivity contribution >= 4 is 0 Å². The Morgan fingerprint density at radius 2 is 2.05 bits per heavy atom. The summed E-state index contributed by atoms with van der Waals surface area (Å²) in [6, 6.07) is 0. The first-order valence-corrected chi connectivity index (χ1v) is 8.10. The summed E-state index contributed by atoms with van der Waals surface area (Å²) in [5, 5.41) is 0. The summed E-state index contributed by atoms with van der Waals surface area (Å²) < 4.78 is 5.87. The van der Waals surface area contributed by atoms with Crippen LogP contribution in [-0.4, -0.2) is 42.3 Å². The summed E-state index contributed by atoms with van der Waals surface area (Å²) in [7, 11) is 0. The molecule has 0 aromatic carbocycles. The molecular formula is C16H32N2O. The van der Waals surface area contributed by atoms with Crippen molar-refractivity contribution in [2.75, 3.05) is 26.2 Å². The Kier molecular flexibility index (Phi) is 4.91. The van der Waals surface area contributed by atoms with E-state index in [4.69, 9.17) is 10.5 Å². The number of morpholine rings is 1. The molecule has 0 aromatic rings. The van der Waals surface area contributed by atoms with Crippen LogP contribution in [0.25, 0.3) is 0 Å². The molecule has 1 aliphatic heterocycles. The Morgan fingerprint density at radius 3 is 2.68 bits per heavy atom. The van der Waals surface area contributed by atoms with E-state index in [1.165, 1.54) is 38.5 Å². The van der Waals surface area contributed by atoms with E-state index in [2.05, 4.69) is 25.7 Å². The van der Waals surface area contributed by atoms with Gasteiger partial charge >= 0.3 is 0 Å². The molecule has 2 fully saturated rings. The van der Waals surface area contributed by atoms with E-state index in [-0.39, 0.29) is 11.1 Å². The van der Waals surface area contributed by atoms with Gasteiger partial charge in [-0.25, -0.2) is 0 Å². The Hall–Kier alpha value is -0.120. The molecule has 2 rings (SSSR count). The fourth-order valence-electron chi connectivity index (χ4n) is 3.94. The predicted octanol–water partition coefficient (Wildman–Crippen LogP) is 2.79. The van der Waals surface area contributed by atoms with Crippen LogP contribution in [0.3, 0.4) is 0 Å². The first-order valence-electron chi connectivity index (χ1n) is 8.10. The van der Waals surface area contributed by atoms with Crippen LogP contribution in [-0.2, 0) is 4.74 Å². The number of hydrogen-bond donors (Lipinski definition) is 1. The van der Waals surface area contributed by atoms with Gasteiger partial charge in [-0.05, 0) is 39.0 Å². The second-order valence-corrected chi connectivity index (χ2v) is 7.16. The summed E-state index contributed by atoms with van der Waals surface area (Å²) in [5.74, 6) is 0.919. The summed E-state index contributed by atoms with van der Waals surface area (Å²) in [6.07, 6.45) is 7.97. The molecule has 1 saturated carbocycles. The molecular weight excluding hydrogens is 236 g/mol. The molecule has 1 aliphatic carbocycles. The lowest BCUT2D eigenvalue weighted by molar-refractivity contribution is -0.118. The highest BCUT2D eigenvalue weighted by molar-refractivity contribution is 4.97. The van der Waals surface area contributed by atoms with E-state index >= 15 is 0 Å². The molecule has 2 unspecified atom stereocenters. The van der Waals surface area contributed by atoms with Gasteiger partial charge in [-0.3, -0.25) is 4.90 Å². The Balaban J connectivity index is 2.08. The first-order chi connectivity index (χ1) is 9.01. The van der Waals surface area contributed by atoms with Gasteiger partial charge in [0.05, 0.1) is 12.2 Å². The Bertz CT molecular complexity index is 292. The average Bonchev–Trinajstić information content (AvgIpc) is 2.60. The lowest BCUT2D eigenvalue weighted by atomic mass is 9.85. The minimum Gasteiger partial charge on any atom is -0.373 e. The van der Waals surface area contributed by atoms with Crippen LogP contribution in [0.5, 0.6) is 0 Å². The minimum atomic E-state index is -0.0170. The molecule has 2 atom stereocenters. The van der Waals surface area contributed by atoms with Crippen LogP contribution >= 0.6 is 0 Å². The fraction of sp³-hybridized carbons (Fsp3) is 1.00. The van der Waals surface area contributed by atoms with Crippen molar-refractivity contribution in [3.8, 4) is 0 Å². The zero-order chi connectivity index (χ0) is 13.9. The zero-order valence-electron chi connectivity index (χ0n) is 13.1. The van der Waals surface area contributed by atoms with Crippen molar-refractivity contribution in [1.29, 1.82) is 0 Å². The summed E-state index contributed by atoms with van der Waals surface area (Å²) in [6.45, 7) is 10.5. The highest BCUT2D eigenvalue weighted by Crippen LogP contribution is 2.37. The molecule has 0 amide bonds. The van der Waals surface area contributed by atoms with Gasteiger partial charge in [0.2, 0.25) is 0 Å². The van der Waals surface area contributed by atoms with Crippen molar-refractivity contribution in [2.45, 2.75) is 70.4 Å². The van der Waals surface area contributed by atoms with Gasteiger partial charge in [-0.15, -0.1) is 0 Å². The van der Waals surface area contributed by atoms with Crippen LogP contribution in [0.15, 0.2) is 0 Å². The van der Waals surface area contributed by atoms with Gasteiger partial charge in [0.15, 0.2) is 0 Å². The Morgan fingerprint density at radius 1 is 1.26 bits per heavy atom. The second-order valence-electron chi connectivity index (χ2n) is 7.16. The number of nitrogens with zero attached hydrogens (tertiary/aromatic N) is 1. The van der Waals surface area contributed by atoms with E-state index in [0.29, 0.717) is 0 Å². The smallest absolute Gasteiger partial charge is 0.0753 e. The number of hydrogen-bond acceptors (Lipinski definition) is 3. The summed E-state index contributed by atoms with van der Waals surface area (Å²) >= 11 is 0. The predicted molar refractivity (Wildman–Crippen MR) is 80.3 cm³/mol. The molecule has 0 aromatic heterocycles. The lowest BCUT2D eigenvalue weighted by Crippen LogP contribution is -2.61. The minimum absolute atomic E-state index is 0.0170. The maximum absolute atomic E-state index is 6.23. The van der Waals surface area contributed by atoms with Crippen molar-refractivity contribution < 1.29 is 4.74 Å². The molecule has 1 saturated heterocycles. The first kappa shape index (κ1) is 15.3. The van der Waals surface area contributed by atoms with Crippen molar-refractivity contribution in [2.24, 2.45) is 11.7 Å². The second kappa shape index (κ2) is 6.11. The SMILES string of the molecule is CCC1CCCC(CN)(N2CCOC(C)(C)C2)CC1. The molecule has 2 N–H and O–H groups in total. The quantitative estimate of drug-likeness (QED) is 0.800. The van der Waals surface area contributed by atoms with E-state index in [9.17, 15) is 0 Å². The van der Waals surface area contributed by atoms with Crippen molar-refractivity contribution in [3.05, 3.63) is 0 Å². The van der Waals surface area contributed by atoms with Gasteiger partial charge in [0.25, 0.3) is 0 Å². The van der Waals surface area contributed by atoms with E-state index < -0.39 is 0 Å². The van der Waals surface area contributed by atoms with Crippen LogP contribution in [0.1, 0.15) is 59.3 Å². The molecule has 0 radical (unpaired) electrons. The summed E-state index contributed by atoms with van der Waals surface area (Å²) in [4.78, 5) is 2.65. The molecule has 3 heteroatoms. The fourth-order valence-corrected chi connectivity index (χ4v) is 3.94. The van der Waals surface area contributed by atoms with E-state index in [1.807, 2.05) is 0 Å². The van der Waals surface area contributed by atoms with Crippen molar-refractivity contribution in [3.63, 3.8) is 0 Å². The molecule has 1 heterocycles. The van der Waals surface area contributed by atoms with E-state index in [0.717, 1.165) is 32.2 Å². The number of nitrogens with two attached hydrogens (primary N) is 1. The van der Waals surface area contributed by atoms with Crippen LogP contribution in [0.4, 0.5) is 0 Å². The van der Waals surface area contributed by atoms with Gasteiger partial charge in [-0.2, -0.15) is 0 Å². The molecule has 2 aliphatic rings. The van der Waals surface area contributed by atoms with Crippen LogP contribution < -0.4 is 5.73 Å². The van der Waals surface area contributed by atoms with Gasteiger partial charge in [0.1, 0.15) is 0 Å². The monoisotopic (exact) mass is 268 g/mol. The molecule has 112 valence electrons. The standard InChI is InChI=1S/C16H32N2O/c1-4-14-6-5-8-16(12-17,9-7-14)18-10-11-19-15(2,3)13-18/h14H,4-13,17H2,1-3H3. The molecule has 0 bridgehead atoms. The third-order valence-electron chi connectivity index (χ3n) is 5.33. The largest absolute Gasteiger partial charge is 0.373 e. The summed E-state index contributed by atoms with van der Waals surface area (Å²) in [5.41, 5.74) is 6.46. The maximum atomic E-state index is 6.23. The number of rotatable bonds is 3. The Labute approximate surface area is 118 Å². The maximum Gasteiger partial charge on any atom is 0.0753 e. The van der Waals surface area contributed by atoms with Crippen molar-refractivity contribution in [1.82, 2.24) is 4.90 Å². The van der Waals surface area contributed by atoms with E-state index in [1.54, 1.807) is 0 Å². The van der Waals surface area contributed by atoms with Gasteiger partial charge < -0.3 is 10.5 Å². The zero-order valence-corrected chi connectivity index (χ0v) is 13.1.